The van der Waals surface area contributed by atoms with Crippen molar-refractivity contribution in [3.63, 3.8) is 0 Å². The summed E-state index contributed by atoms with van der Waals surface area (Å²) < 4.78 is 7.79. The minimum atomic E-state index is -1.07. The number of nitrogen functional groups attached to an aromatic ring is 1. The number of aromatic nitrogens is 2. The van der Waals surface area contributed by atoms with Crippen molar-refractivity contribution in [1.82, 2.24) is 24.7 Å². The Morgan fingerprint density at radius 3 is 2.44 bits per heavy atom. The molecule has 6 rings (SSSR count). The van der Waals surface area contributed by atoms with E-state index in [1.165, 1.54) is 22.8 Å². The van der Waals surface area contributed by atoms with E-state index in [0.717, 1.165) is 9.47 Å². The van der Waals surface area contributed by atoms with E-state index >= 15 is 0 Å². The third-order valence-electron chi connectivity index (χ3n) is 8.42. The Hall–Kier alpha value is -5.84. The average molecular weight is 661 g/mol. The van der Waals surface area contributed by atoms with Crippen LogP contribution in [0.25, 0.3) is 10.9 Å². The lowest BCUT2D eigenvalue weighted by Crippen LogP contribution is -2.54. The van der Waals surface area contributed by atoms with Gasteiger partial charge in [-0.2, -0.15) is 0 Å². The molecule has 1 saturated carbocycles. The number of piperidine rings is 1. The summed E-state index contributed by atoms with van der Waals surface area (Å²) in [6, 6.07) is 6.11. The fraction of sp³-hybridized carbons (Fsp3) is 0.355. The Labute approximate surface area is 271 Å². The monoisotopic (exact) mass is 660 g/mol. The van der Waals surface area contributed by atoms with Crippen LogP contribution in [0.4, 0.5) is 11.4 Å². The molecule has 2 aromatic carbocycles. The molecule has 250 valence electrons. The highest BCUT2D eigenvalue weighted by molar-refractivity contribution is 6.25. The van der Waals surface area contributed by atoms with Crippen LogP contribution in [0.5, 0.6) is 0 Å². The van der Waals surface area contributed by atoms with Crippen molar-refractivity contribution >= 4 is 57.7 Å². The second-order valence-corrected chi connectivity index (χ2v) is 11.7. The van der Waals surface area contributed by atoms with Crippen LogP contribution in [-0.4, -0.2) is 81.8 Å². The average Bonchev–Trinajstić information content (AvgIpc) is 3.84. The van der Waals surface area contributed by atoms with Crippen molar-refractivity contribution < 1.29 is 33.5 Å². The molecular formula is C31H32N8O9. The summed E-state index contributed by atoms with van der Waals surface area (Å²) in [5.41, 5.74) is 10.8. The molecule has 3 heterocycles. The van der Waals surface area contributed by atoms with Crippen molar-refractivity contribution in [1.29, 1.82) is 0 Å². The summed E-state index contributed by atoms with van der Waals surface area (Å²) in [5.74, 6) is -3.83. The first-order valence-corrected chi connectivity index (χ1v) is 15.3. The van der Waals surface area contributed by atoms with E-state index < -0.39 is 59.3 Å². The number of hydrogen-bond donors (Lipinski definition) is 5. The lowest BCUT2D eigenvalue weighted by molar-refractivity contribution is -0.136. The maximum atomic E-state index is 13.3. The number of nitrogens with two attached hydrogens (primary N) is 2. The SMILES string of the molecule is NC(=O)c1cc2c(=O)n(CC(=O)NCCOCCNc3cccc4c3C(=O)N(C3CCC(=O)NC3=O)C4=O)c(=O)n(C3CC3)c2cc1N. The molecule has 2 aliphatic heterocycles. The molecule has 17 heteroatoms. The number of carbonyl (C=O) groups is 6. The number of amides is 6. The molecule has 3 aliphatic rings. The summed E-state index contributed by atoms with van der Waals surface area (Å²) in [4.78, 5) is 102. The standard InChI is InChI=1S/C31H32N8O9/c32-19-13-22-18(12-17(19)26(33)42)28(44)37(31(47)38(22)15-4-5-15)14-24(41)35-9-11-48-10-8-34-20-3-1-2-16-25(20)30(46)39(29(16)45)21-6-7-23(40)36-27(21)43/h1-3,12-13,15,21,34H,4-11,14,32H2,(H2,33,42)(H,35,41)(H,36,40,43). The highest BCUT2D eigenvalue weighted by Gasteiger charge is 2.45. The third kappa shape index (κ3) is 5.90. The van der Waals surface area contributed by atoms with E-state index in [9.17, 15) is 38.4 Å². The molecule has 1 unspecified atom stereocenters. The first kappa shape index (κ1) is 32.1. The smallest absolute Gasteiger partial charge is 0.332 e. The largest absolute Gasteiger partial charge is 0.398 e. The number of rotatable bonds is 12. The number of hydrogen-bond acceptors (Lipinski definition) is 11. The van der Waals surface area contributed by atoms with Crippen LogP contribution in [0.1, 0.15) is 62.8 Å². The lowest BCUT2D eigenvalue weighted by Gasteiger charge is -2.27. The van der Waals surface area contributed by atoms with Gasteiger partial charge in [-0.3, -0.25) is 52.9 Å². The summed E-state index contributed by atoms with van der Waals surface area (Å²) in [6.45, 7) is -0.0224. The number of nitrogens with one attached hydrogen (secondary N) is 3. The summed E-state index contributed by atoms with van der Waals surface area (Å²) in [6.07, 6.45) is 1.49. The van der Waals surface area contributed by atoms with Gasteiger partial charge in [-0.1, -0.05) is 6.07 Å². The molecule has 17 nitrogen and oxygen atoms in total. The number of nitrogens with zero attached hydrogens (tertiary/aromatic N) is 3. The van der Waals surface area contributed by atoms with E-state index in [1.807, 2.05) is 0 Å². The molecule has 0 bridgehead atoms. The zero-order valence-corrected chi connectivity index (χ0v) is 25.6. The van der Waals surface area contributed by atoms with Gasteiger partial charge < -0.3 is 26.8 Å². The van der Waals surface area contributed by atoms with Crippen LogP contribution in [0.3, 0.4) is 0 Å². The number of imide groups is 2. The van der Waals surface area contributed by atoms with Crippen molar-refractivity contribution in [3.05, 3.63) is 67.9 Å². The zero-order chi connectivity index (χ0) is 34.3. The van der Waals surface area contributed by atoms with Crippen LogP contribution in [-0.2, 0) is 25.7 Å². The molecule has 3 aromatic rings. The maximum absolute atomic E-state index is 13.3. The van der Waals surface area contributed by atoms with E-state index in [-0.39, 0.29) is 78.5 Å². The molecule has 0 radical (unpaired) electrons. The number of benzene rings is 2. The van der Waals surface area contributed by atoms with Gasteiger partial charge in [-0.05, 0) is 43.5 Å². The fourth-order valence-electron chi connectivity index (χ4n) is 5.96. The molecule has 0 spiro atoms. The minimum absolute atomic E-state index is 0.0177. The zero-order valence-electron chi connectivity index (χ0n) is 25.6. The van der Waals surface area contributed by atoms with E-state index in [0.29, 0.717) is 18.5 Å². The number of carbonyl (C=O) groups excluding carboxylic acids is 6. The molecule has 1 aromatic heterocycles. The van der Waals surface area contributed by atoms with Gasteiger partial charge in [0.15, 0.2) is 0 Å². The van der Waals surface area contributed by atoms with Crippen molar-refractivity contribution in [2.75, 3.05) is 37.4 Å². The first-order valence-electron chi connectivity index (χ1n) is 15.3. The van der Waals surface area contributed by atoms with Crippen LogP contribution < -0.4 is 38.7 Å². The Morgan fingerprint density at radius 2 is 1.73 bits per heavy atom. The number of ether oxygens (including phenoxy) is 1. The first-order chi connectivity index (χ1) is 23.0. The van der Waals surface area contributed by atoms with Crippen LogP contribution in [0, 0.1) is 0 Å². The highest BCUT2D eigenvalue weighted by atomic mass is 16.5. The fourth-order valence-corrected chi connectivity index (χ4v) is 5.96. The minimum Gasteiger partial charge on any atom is -0.398 e. The highest BCUT2D eigenvalue weighted by Crippen LogP contribution is 2.36. The Bertz CT molecular complexity index is 2030. The van der Waals surface area contributed by atoms with Gasteiger partial charge >= 0.3 is 5.69 Å². The number of anilines is 2. The molecule has 1 saturated heterocycles. The van der Waals surface area contributed by atoms with E-state index in [4.69, 9.17) is 16.2 Å². The van der Waals surface area contributed by atoms with E-state index in [1.54, 1.807) is 12.1 Å². The van der Waals surface area contributed by atoms with Gasteiger partial charge in [-0.15, -0.1) is 0 Å². The van der Waals surface area contributed by atoms with Crippen LogP contribution in [0.2, 0.25) is 0 Å². The maximum Gasteiger partial charge on any atom is 0.332 e. The van der Waals surface area contributed by atoms with Gasteiger partial charge in [0.2, 0.25) is 17.7 Å². The predicted octanol–water partition coefficient (Wildman–Crippen LogP) is -1.17. The lowest BCUT2D eigenvalue weighted by atomic mass is 10.0. The van der Waals surface area contributed by atoms with Gasteiger partial charge in [0.25, 0.3) is 23.3 Å². The van der Waals surface area contributed by atoms with Crippen LogP contribution >= 0.6 is 0 Å². The van der Waals surface area contributed by atoms with E-state index in [2.05, 4.69) is 16.0 Å². The van der Waals surface area contributed by atoms with Crippen molar-refractivity contribution in [2.24, 2.45) is 5.73 Å². The summed E-state index contributed by atoms with van der Waals surface area (Å²) in [5, 5.41) is 7.87. The number of primary amides is 1. The van der Waals surface area contributed by atoms with Gasteiger partial charge in [0, 0.05) is 36.9 Å². The molecule has 1 aliphatic carbocycles. The molecular weight excluding hydrogens is 628 g/mol. The molecule has 48 heavy (non-hydrogen) atoms. The molecule has 7 N–H and O–H groups in total. The summed E-state index contributed by atoms with van der Waals surface area (Å²) >= 11 is 0. The van der Waals surface area contributed by atoms with Crippen LogP contribution in [0.15, 0.2) is 39.9 Å². The topological polar surface area (TPSA) is 247 Å². The molecule has 1 atom stereocenters. The second kappa shape index (κ2) is 12.7. The van der Waals surface area contributed by atoms with Crippen molar-refractivity contribution in [2.45, 2.75) is 44.3 Å². The number of fused-ring (bicyclic) bond motifs is 2. The third-order valence-corrected chi connectivity index (χ3v) is 8.42. The van der Waals surface area contributed by atoms with Gasteiger partial charge in [-0.25, -0.2) is 4.79 Å². The Morgan fingerprint density at radius 1 is 0.979 bits per heavy atom. The van der Waals surface area contributed by atoms with Gasteiger partial charge in [0.05, 0.1) is 40.8 Å². The predicted molar refractivity (Wildman–Crippen MR) is 169 cm³/mol. The van der Waals surface area contributed by atoms with Gasteiger partial charge in [0.1, 0.15) is 12.6 Å². The van der Waals surface area contributed by atoms with Crippen molar-refractivity contribution in [3.8, 4) is 0 Å². The Balaban J connectivity index is 1.02. The second-order valence-electron chi connectivity index (χ2n) is 11.7. The Kier molecular flexibility index (Phi) is 8.53. The molecule has 6 amide bonds. The summed E-state index contributed by atoms with van der Waals surface area (Å²) in [7, 11) is 0. The quantitative estimate of drug-likeness (QED) is 0.0879. The normalized spacial score (nSPS) is 17.4. The molecule has 2 fully saturated rings.